The highest BCUT2D eigenvalue weighted by atomic mass is 31.2. The van der Waals surface area contributed by atoms with Crippen LogP contribution in [0.3, 0.4) is 0 Å². The molecule has 0 saturated carbocycles. The summed E-state index contributed by atoms with van der Waals surface area (Å²) in [4.78, 5) is 58.4. The van der Waals surface area contributed by atoms with Crippen molar-refractivity contribution in [1.29, 1.82) is 0 Å². The summed E-state index contributed by atoms with van der Waals surface area (Å²) in [6, 6.07) is 0. The molecule has 0 fully saturated rings. The number of rotatable bonds is 63. The highest BCUT2D eigenvalue weighted by Gasteiger charge is 2.29. The number of allylic oxidation sites excluding steroid dienone is 32. The number of hydrogen-bond donors (Lipinski definition) is 4. The summed E-state index contributed by atoms with van der Waals surface area (Å²) >= 11 is 0. The van der Waals surface area contributed by atoms with Crippen LogP contribution in [-0.4, -0.2) is 95.9 Å². The second-order valence-corrected chi connectivity index (χ2v) is 25.1. The average molecular weight is 1360 g/mol. The van der Waals surface area contributed by atoms with Gasteiger partial charge >= 0.3 is 33.6 Å². The molecule has 0 aromatic heterocycles. The normalized spacial score (nSPS) is 15.3. The third kappa shape index (κ3) is 69.6. The van der Waals surface area contributed by atoms with E-state index in [2.05, 4.69) is 179 Å². The Balaban J connectivity index is 4.89. The number of phosphoric ester groups is 2. The van der Waals surface area contributed by atoms with Crippen molar-refractivity contribution in [3.05, 3.63) is 194 Å². The Bertz CT molecular complexity index is 2510. The predicted octanol–water partition coefficient (Wildman–Crippen LogP) is 19.6. The maximum absolute atomic E-state index is 12.9. The van der Waals surface area contributed by atoms with Gasteiger partial charge in [-0.1, -0.05) is 247 Å². The SMILES string of the molecule is CC/C=C\C/C=C\C/C=C\C/C=C\C/C=C\C/C=C\CCC(=O)OCC(COP(=O)(O)OCC(O)COP(=O)(O)OCC(O)COC(=O)CCCCCCC/C=C\C/C=C\C/C=C\C/C=C\CCCCC)OC(=O)CC/C=C\C/C=C\C/C=C\C/C=C\C/C=C\C/C=C\CC. The molecule has 0 heterocycles. The molecule has 5 atom stereocenters. The summed E-state index contributed by atoms with van der Waals surface area (Å²) in [5, 5.41) is 20.6. The minimum Gasteiger partial charge on any atom is -0.463 e. The van der Waals surface area contributed by atoms with E-state index >= 15 is 0 Å². The summed E-state index contributed by atoms with van der Waals surface area (Å²) in [7, 11) is -9.85. The molecule has 0 aliphatic heterocycles. The van der Waals surface area contributed by atoms with Crippen LogP contribution in [0.25, 0.3) is 0 Å². The van der Waals surface area contributed by atoms with Crippen LogP contribution in [0.15, 0.2) is 194 Å². The zero-order valence-electron chi connectivity index (χ0n) is 57.7. The number of carbonyl (C=O) groups excluding carboxylic acids is 3. The van der Waals surface area contributed by atoms with E-state index in [1.54, 1.807) is 0 Å². The first-order valence-corrected chi connectivity index (χ1v) is 37.7. The fourth-order valence-electron chi connectivity index (χ4n) is 8.07. The first-order chi connectivity index (χ1) is 46.2. The van der Waals surface area contributed by atoms with Crippen molar-refractivity contribution >= 4 is 33.6 Å². The number of phosphoric acid groups is 2. The molecule has 534 valence electrons. The molecule has 95 heavy (non-hydrogen) atoms. The van der Waals surface area contributed by atoms with Gasteiger partial charge in [-0.25, -0.2) is 9.13 Å². The summed E-state index contributed by atoms with van der Waals surface area (Å²) in [6.07, 6.45) is 88.0. The molecule has 0 aliphatic rings. The summed E-state index contributed by atoms with van der Waals surface area (Å²) in [5.41, 5.74) is 0. The topological polar surface area (TPSA) is 231 Å². The van der Waals surface area contributed by atoms with Gasteiger partial charge in [0.15, 0.2) is 6.10 Å². The predicted molar refractivity (Wildman–Crippen MR) is 389 cm³/mol. The maximum Gasteiger partial charge on any atom is 0.472 e. The molecular formula is C77H120O16P2. The Morgan fingerprint density at radius 2 is 0.579 bits per heavy atom. The molecule has 5 unspecified atom stereocenters. The summed E-state index contributed by atoms with van der Waals surface area (Å²) in [6.45, 7) is 2.16. The van der Waals surface area contributed by atoms with Gasteiger partial charge in [-0.15, -0.1) is 0 Å². The van der Waals surface area contributed by atoms with Crippen LogP contribution in [-0.2, 0) is 55.8 Å². The lowest BCUT2D eigenvalue weighted by molar-refractivity contribution is -0.161. The quantitative estimate of drug-likeness (QED) is 0.0146. The molecule has 0 spiro atoms. The molecule has 0 aromatic carbocycles. The van der Waals surface area contributed by atoms with Gasteiger partial charge in [0.2, 0.25) is 0 Å². The second-order valence-electron chi connectivity index (χ2n) is 22.2. The van der Waals surface area contributed by atoms with Gasteiger partial charge in [0.1, 0.15) is 25.4 Å². The van der Waals surface area contributed by atoms with Crippen molar-refractivity contribution in [2.24, 2.45) is 0 Å². The maximum atomic E-state index is 12.9. The third-order valence-electron chi connectivity index (χ3n) is 13.3. The number of ether oxygens (including phenoxy) is 3. The van der Waals surface area contributed by atoms with E-state index in [9.17, 15) is 43.5 Å². The standard InChI is InChI=1S/C77H120O16P2/c1-4-7-10-13-16-19-22-25-28-31-34-35-38-40-42-45-48-51-54-57-60-63-75(80)87-66-72(78)67-89-94(83,84)90-68-73(79)69-91-95(85,86)92-71-74(93-77(82)65-62-59-56-53-50-47-44-41-37-33-30-27-24-21-18-15-12-9-6-3)70-88-76(81)64-61-58-55-52-49-46-43-39-36-32-29-26-23-20-17-14-11-8-5-2/h8-9,11-12,16-21,25-30,34-37,39-42,46-47,49-50,55-56,58-59,72-74,78-79H,4-7,10,13-15,22-24,31-33,38,43-45,48,51-54,57,60-71H2,1-3H3,(H,83,84)(H,85,86)/b11-8-,12-9-,19-16-,20-17-,21-18-,28-25-,29-26-,30-27-,35-34-,39-36-,41-37-,42-40-,49-46-,50-47-,58-55-,59-56-. The fraction of sp³-hybridized carbons (Fsp3) is 0.545. The molecule has 0 rings (SSSR count). The molecule has 0 saturated heterocycles. The van der Waals surface area contributed by atoms with E-state index < -0.39 is 91.5 Å². The Morgan fingerprint density at radius 1 is 0.305 bits per heavy atom. The minimum absolute atomic E-state index is 0.0195. The Hall–Kier alpha value is -5.61. The molecule has 0 bridgehead atoms. The first-order valence-electron chi connectivity index (χ1n) is 34.7. The van der Waals surface area contributed by atoms with Gasteiger partial charge in [0, 0.05) is 19.3 Å². The lowest BCUT2D eigenvalue weighted by Crippen LogP contribution is -2.29. The van der Waals surface area contributed by atoms with E-state index in [1.807, 2.05) is 36.5 Å². The first kappa shape index (κ1) is 89.4. The summed E-state index contributed by atoms with van der Waals surface area (Å²) in [5.74, 6) is -1.81. The molecule has 0 aromatic rings. The number of aliphatic hydroxyl groups excluding tert-OH is 2. The Morgan fingerprint density at radius 3 is 0.947 bits per heavy atom. The molecule has 0 amide bonds. The zero-order chi connectivity index (χ0) is 69.5. The van der Waals surface area contributed by atoms with Gasteiger partial charge in [-0.3, -0.25) is 32.5 Å². The van der Waals surface area contributed by atoms with Crippen LogP contribution >= 0.6 is 15.6 Å². The van der Waals surface area contributed by atoms with Crippen LogP contribution in [0.4, 0.5) is 0 Å². The van der Waals surface area contributed by atoms with E-state index in [1.165, 1.54) is 25.7 Å². The molecular weight excluding hydrogens is 1240 g/mol. The molecule has 0 aliphatic carbocycles. The van der Waals surface area contributed by atoms with Gasteiger partial charge in [-0.2, -0.15) is 0 Å². The fourth-order valence-corrected chi connectivity index (χ4v) is 9.66. The third-order valence-corrected chi connectivity index (χ3v) is 15.2. The van der Waals surface area contributed by atoms with Crippen LogP contribution in [0.1, 0.15) is 213 Å². The summed E-state index contributed by atoms with van der Waals surface area (Å²) < 4.78 is 60.7. The van der Waals surface area contributed by atoms with Crippen molar-refractivity contribution in [1.82, 2.24) is 0 Å². The molecule has 18 heteroatoms. The van der Waals surface area contributed by atoms with Crippen molar-refractivity contribution in [2.45, 2.75) is 232 Å². The highest BCUT2D eigenvalue weighted by molar-refractivity contribution is 7.47. The van der Waals surface area contributed by atoms with Crippen LogP contribution in [0.5, 0.6) is 0 Å². The van der Waals surface area contributed by atoms with E-state index in [-0.39, 0.29) is 19.3 Å². The van der Waals surface area contributed by atoms with E-state index in [0.29, 0.717) is 32.1 Å². The van der Waals surface area contributed by atoms with Gasteiger partial charge in [-0.05, 0) is 141 Å². The van der Waals surface area contributed by atoms with Crippen molar-refractivity contribution in [3.8, 4) is 0 Å². The van der Waals surface area contributed by atoms with E-state index in [0.717, 1.165) is 116 Å². The molecule has 0 radical (unpaired) electrons. The number of esters is 3. The second kappa shape index (κ2) is 68.3. The van der Waals surface area contributed by atoms with Crippen LogP contribution in [0, 0.1) is 0 Å². The number of hydrogen-bond acceptors (Lipinski definition) is 14. The average Bonchev–Trinajstić information content (AvgIpc) is 1.75. The molecule has 16 nitrogen and oxygen atoms in total. The number of aliphatic hydroxyl groups is 2. The largest absolute Gasteiger partial charge is 0.472 e. The van der Waals surface area contributed by atoms with Crippen molar-refractivity contribution in [2.75, 3.05) is 39.6 Å². The lowest BCUT2D eigenvalue weighted by atomic mass is 10.1. The van der Waals surface area contributed by atoms with Gasteiger partial charge in [0.05, 0.1) is 26.4 Å². The monoisotopic (exact) mass is 1360 g/mol. The van der Waals surface area contributed by atoms with E-state index in [4.69, 9.17) is 32.3 Å². The minimum atomic E-state index is -4.98. The number of unbranched alkanes of at least 4 members (excludes halogenated alkanes) is 8. The van der Waals surface area contributed by atoms with Crippen LogP contribution in [0.2, 0.25) is 0 Å². The smallest absolute Gasteiger partial charge is 0.463 e. The van der Waals surface area contributed by atoms with Crippen LogP contribution < -0.4 is 0 Å². The Kier molecular flexibility index (Phi) is 64.3. The Labute approximate surface area is 572 Å². The van der Waals surface area contributed by atoms with Crippen molar-refractivity contribution in [3.63, 3.8) is 0 Å². The van der Waals surface area contributed by atoms with Crippen molar-refractivity contribution < 1.29 is 75.8 Å². The van der Waals surface area contributed by atoms with Gasteiger partial charge < -0.3 is 34.2 Å². The zero-order valence-corrected chi connectivity index (χ0v) is 59.5. The molecule has 4 N–H and O–H groups in total. The number of carbonyl (C=O) groups is 3. The van der Waals surface area contributed by atoms with Gasteiger partial charge in [0.25, 0.3) is 0 Å². The lowest BCUT2D eigenvalue weighted by Gasteiger charge is -2.21. The highest BCUT2D eigenvalue weighted by Crippen LogP contribution is 2.45.